The van der Waals surface area contributed by atoms with E-state index in [-0.39, 0.29) is 11.9 Å². The molecule has 4 nitrogen and oxygen atoms in total. The van der Waals surface area contributed by atoms with E-state index in [0.29, 0.717) is 6.54 Å². The van der Waals surface area contributed by atoms with Gasteiger partial charge < -0.3 is 10.2 Å². The number of rotatable bonds is 3. The van der Waals surface area contributed by atoms with E-state index in [4.69, 9.17) is 0 Å². The van der Waals surface area contributed by atoms with Crippen LogP contribution in [0.15, 0.2) is 18.2 Å². The Morgan fingerprint density at radius 3 is 3.00 bits per heavy atom. The molecule has 0 radical (unpaired) electrons. The van der Waals surface area contributed by atoms with Crippen molar-refractivity contribution in [1.29, 1.82) is 0 Å². The van der Waals surface area contributed by atoms with Crippen LogP contribution >= 0.6 is 0 Å². The van der Waals surface area contributed by atoms with Crippen molar-refractivity contribution >= 4 is 5.91 Å². The van der Waals surface area contributed by atoms with Crippen molar-refractivity contribution in [2.45, 2.75) is 38.8 Å². The van der Waals surface area contributed by atoms with Crippen molar-refractivity contribution in [3.05, 3.63) is 29.6 Å². The Bertz CT molecular complexity index is 413. The largest absolute Gasteiger partial charge is 0.339 e. The molecule has 1 amide bonds. The molecular formula is C14H21N3O. The van der Waals surface area contributed by atoms with E-state index in [1.165, 1.54) is 6.42 Å². The van der Waals surface area contributed by atoms with Gasteiger partial charge in [0.1, 0.15) is 0 Å². The molecule has 2 rings (SSSR count). The predicted molar refractivity (Wildman–Crippen MR) is 71.1 cm³/mol. The van der Waals surface area contributed by atoms with E-state index in [2.05, 4.69) is 10.3 Å². The quantitative estimate of drug-likeness (QED) is 0.880. The number of hydrogen-bond acceptors (Lipinski definition) is 3. The maximum absolute atomic E-state index is 12.2. The summed E-state index contributed by atoms with van der Waals surface area (Å²) in [5, 5.41) is 3.29. The Hall–Kier alpha value is -1.42. The minimum atomic E-state index is -0.00596. The van der Waals surface area contributed by atoms with Crippen LogP contribution in [0.2, 0.25) is 0 Å². The molecule has 1 fully saturated rings. The molecule has 1 aromatic heterocycles. The monoisotopic (exact) mass is 247 g/mol. The highest BCUT2D eigenvalue weighted by molar-refractivity contribution is 5.81. The molecule has 0 aromatic carbocycles. The molecule has 98 valence electrons. The standard InChI is InChI=1S/C14H21N3O/c1-11-6-5-7-12(16-11)10-17(2)14(18)13-8-3-4-9-15-13/h5-7,13,15H,3-4,8-10H2,1-2H3. The number of nitrogens with zero attached hydrogens (tertiary/aromatic N) is 2. The van der Waals surface area contributed by atoms with E-state index in [0.717, 1.165) is 30.8 Å². The van der Waals surface area contributed by atoms with Gasteiger partial charge >= 0.3 is 0 Å². The Labute approximate surface area is 108 Å². The third-order valence-electron chi connectivity index (χ3n) is 3.33. The van der Waals surface area contributed by atoms with Crippen LogP contribution in [0.5, 0.6) is 0 Å². The SMILES string of the molecule is Cc1cccc(CN(C)C(=O)C2CCCCN2)n1. The van der Waals surface area contributed by atoms with Crippen molar-refractivity contribution in [3.8, 4) is 0 Å². The highest BCUT2D eigenvalue weighted by Gasteiger charge is 2.23. The van der Waals surface area contributed by atoms with E-state index in [1.54, 1.807) is 4.90 Å². The summed E-state index contributed by atoms with van der Waals surface area (Å²) < 4.78 is 0. The molecule has 0 saturated carbocycles. The molecule has 0 bridgehead atoms. The molecule has 2 heterocycles. The summed E-state index contributed by atoms with van der Waals surface area (Å²) in [7, 11) is 1.85. The van der Waals surface area contributed by atoms with Gasteiger partial charge in [0.05, 0.1) is 18.3 Å². The van der Waals surface area contributed by atoms with E-state index in [1.807, 2.05) is 32.2 Å². The zero-order valence-electron chi connectivity index (χ0n) is 11.1. The first kappa shape index (κ1) is 13.0. The fraction of sp³-hybridized carbons (Fsp3) is 0.571. The number of nitrogens with one attached hydrogen (secondary N) is 1. The first-order valence-corrected chi connectivity index (χ1v) is 6.58. The van der Waals surface area contributed by atoms with Crippen LogP contribution < -0.4 is 5.32 Å². The van der Waals surface area contributed by atoms with Crippen molar-refractivity contribution in [1.82, 2.24) is 15.2 Å². The number of aryl methyl sites for hydroxylation is 1. The summed E-state index contributed by atoms with van der Waals surface area (Å²) in [6.45, 7) is 3.50. The van der Waals surface area contributed by atoms with Crippen LogP contribution in [0.4, 0.5) is 0 Å². The topological polar surface area (TPSA) is 45.2 Å². The van der Waals surface area contributed by atoms with Crippen LogP contribution in [0.1, 0.15) is 30.7 Å². The summed E-state index contributed by atoms with van der Waals surface area (Å²) >= 11 is 0. The Morgan fingerprint density at radius 2 is 2.33 bits per heavy atom. The fourth-order valence-electron chi connectivity index (χ4n) is 2.34. The van der Waals surface area contributed by atoms with Gasteiger partial charge in [-0.15, -0.1) is 0 Å². The van der Waals surface area contributed by atoms with Gasteiger partial charge in [0.2, 0.25) is 5.91 Å². The van der Waals surface area contributed by atoms with Crippen molar-refractivity contribution < 1.29 is 4.79 Å². The second-order valence-corrected chi connectivity index (χ2v) is 4.97. The zero-order chi connectivity index (χ0) is 13.0. The number of piperidine rings is 1. The lowest BCUT2D eigenvalue weighted by atomic mass is 10.0. The summed E-state index contributed by atoms with van der Waals surface area (Å²) in [6.07, 6.45) is 3.26. The number of pyridine rings is 1. The zero-order valence-corrected chi connectivity index (χ0v) is 11.1. The van der Waals surface area contributed by atoms with Gasteiger partial charge in [-0.25, -0.2) is 0 Å². The number of carbonyl (C=O) groups excluding carboxylic acids is 1. The fourth-order valence-corrected chi connectivity index (χ4v) is 2.34. The maximum atomic E-state index is 12.2. The molecule has 1 aliphatic rings. The van der Waals surface area contributed by atoms with E-state index >= 15 is 0 Å². The average molecular weight is 247 g/mol. The Morgan fingerprint density at radius 1 is 1.50 bits per heavy atom. The number of amides is 1. The van der Waals surface area contributed by atoms with Crippen LogP contribution in [-0.4, -0.2) is 35.4 Å². The van der Waals surface area contributed by atoms with Gasteiger partial charge in [0, 0.05) is 12.7 Å². The minimum absolute atomic E-state index is 0.00596. The van der Waals surface area contributed by atoms with Gasteiger partial charge in [0.15, 0.2) is 0 Å². The normalized spacial score (nSPS) is 19.6. The molecule has 0 spiro atoms. The Kier molecular flexibility index (Phi) is 4.31. The van der Waals surface area contributed by atoms with Crippen molar-refractivity contribution in [2.75, 3.05) is 13.6 Å². The molecule has 1 saturated heterocycles. The van der Waals surface area contributed by atoms with Crippen LogP contribution in [0.25, 0.3) is 0 Å². The first-order chi connectivity index (χ1) is 8.66. The first-order valence-electron chi connectivity index (χ1n) is 6.58. The number of hydrogen-bond donors (Lipinski definition) is 1. The van der Waals surface area contributed by atoms with E-state index in [9.17, 15) is 4.79 Å². The second-order valence-electron chi connectivity index (χ2n) is 4.97. The summed E-state index contributed by atoms with van der Waals surface area (Å²) in [5.74, 6) is 0.179. The lowest BCUT2D eigenvalue weighted by Gasteiger charge is -2.27. The lowest BCUT2D eigenvalue weighted by Crippen LogP contribution is -2.47. The van der Waals surface area contributed by atoms with Crippen LogP contribution in [0, 0.1) is 6.92 Å². The molecule has 1 N–H and O–H groups in total. The highest BCUT2D eigenvalue weighted by Crippen LogP contribution is 2.10. The lowest BCUT2D eigenvalue weighted by molar-refractivity contribution is -0.133. The average Bonchev–Trinajstić information content (AvgIpc) is 2.39. The minimum Gasteiger partial charge on any atom is -0.339 e. The molecule has 1 aliphatic heterocycles. The van der Waals surface area contributed by atoms with Gasteiger partial charge in [-0.05, 0) is 38.4 Å². The molecule has 4 heteroatoms. The van der Waals surface area contributed by atoms with Crippen molar-refractivity contribution in [2.24, 2.45) is 0 Å². The summed E-state index contributed by atoms with van der Waals surface area (Å²) in [4.78, 5) is 18.4. The molecule has 1 atom stereocenters. The van der Waals surface area contributed by atoms with Gasteiger partial charge in [-0.1, -0.05) is 12.5 Å². The van der Waals surface area contributed by atoms with Crippen molar-refractivity contribution in [3.63, 3.8) is 0 Å². The molecule has 0 aliphatic carbocycles. The second kappa shape index (κ2) is 5.96. The molecule has 1 unspecified atom stereocenters. The van der Waals surface area contributed by atoms with Crippen LogP contribution in [0.3, 0.4) is 0 Å². The Balaban J connectivity index is 1.94. The third kappa shape index (κ3) is 3.29. The highest BCUT2D eigenvalue weighted by atomic mass is 16.2. The maximum Gasteiger partial charge on any atom is 0.239 e. The van der Waals surface area contributed by atoms with Gasteiger partial charge in [-0.2, -0.15) is 0 Å². The van der Waals surface area contributed by atoms with E-state index < -0.39 is 0 Å². The third-order valence-corrected chi connectivity index (χ3v) is 3.33. The van der Waals surface area contributed by atoms with Gasteiger partial charge in [0.25, 0.3) is 0 Å². The van der Waals surface area contributed by atoms with Crippen LogP contribution in [-0.2, 0) is 11.3 Å². The van der Waals surface area contributed by atoms with Gasteiger partial charge in [-0.3, -0.25) is 9.78 Å². The number of likely N-dealkylation sites (N-methyl/N-ethyl adjacent to an activating group) is 1. The predicted octanol–water partition coefficient (Wildman–Crippen LogP) is 1.49. The summed E-state index contributed by atoms with van der Waals surface area (Å²) in [6, 6.07) is 5.90. The molecular weight excluding hydrogens is 226 g/mol. The number of carbonyl (C=O) groups is 1. The molecule has 1 aromatic rings. The summed E-state index contributed by atoms with van der Waals surface area (Å²) in [5.41, 5.74) is 1.94. The molecule has 18 heavy (non-hydrogen) atoms. The smallest absolute Gasteiger partial charge is 0.239 e. The number of aromatic nitrogens is 1.